The lowest BCUT2D eigenvalue weighted by molar-refractivity contribution is -0.305. The van der Waals surface area contributed by atoms with Gasteiger partial charge < -0.3 is 45.1 Å². The maximum atomic E-state index is 13.5. The molecule has 488 valence electrons. The zero-order valence-electron chi connectivity index (χ0n) is 54.2. The van der Waals surface area contributed by atoms with Gasteiger partial charge in [-0.15, -0.1) is 0 Å². The number of carbonyl (C=O) groups is 2. The summed E-state index contributed by atoms with van der Waals surface area (Å²) in [7, 11) is 0. The fourth-order valence-electron chi connectivity index (χ4n) is 10.1. The van der Waals surface area contributed by atoms with Gasteiger partial charge in [0.25, 0.3) is 0 Å². The van der Waals surface area contributed by atoms with E-state index in [2.05, 4.69) is 123 Å². The summed E-state index contributed by atoms with van der Waals surface area (Å²) in [6.07, 6.45) is 72.5. The van der Waals surface area contributed by atoms with E-state index in [4.69, 9.17) is 14.2 Å². The minimum atomic E-state index is -1.63. The van der Waals surface area contributed by atoms with Crippen molar-refractivity contribution in [3.8, 4) is 0 Å². The number of allylic oxidation sites excluding steroid dienone is 17. The number of hydrogen-bond acceptors (Lipinski definition) is 10. The molecule has 0 saturated carbocycles. The van der Waals surface area contributed by atoms with Crippen molar-refractivity contribution in [2.24, 2.45) is 0 Å². The Labute approximate surface area is 519 Å². The van der Waals surface area contributed by atoms with Crippen molar-refractivity contribution in [1.82, 2.24) is 5.32 Å². The quantitative estimate of drug-likeness (QED) is 0.0195. The van der Waals surface area contributed by atoms with Crippen LogP contribution in [0.2, 0.25) is 0 Å². The highest BCUT2D eigenvalue weighted by atomic mass is 16.7. The second-order valence-electron chi connectivity index (χ2n) is 23.6. The van der Waals surface area contributed by atoms with Crippen molar-refractivity contribution in [2.75, 3.05) is 13.2 Å². The summed E-state index contributed by atoms with van der Waals surface area (Å²) >= 11 is 0. The van der Waals surface area contributed by atoms with Gasteiger partial charge in [-0.3, -0.25) is 9.59 Å². The van der Waals surface area contributed by atoms with Gasteiger partial charge in [-0.25, -0.2) is 0 Å². The Balaban J connectivity index is 2.66. The van der Waals surface area contributed by atoms with E-state index in [1.54, 1.807) is 6.08 Å². The number of hydrogen-bond donors (Lipinski definition) is 6. The molecule has 1 rings (SSSR count). The molecule has 0 spiro atoms. The fourth-order valence-corrected chi connectivity index (χ4v) is 10.1. The number of ether oxygens (including phenoxy) is 3. The molecule has 1 fully saturated rings. The zero-order chi connectivity index (χ0) is 61.7. The Morgan fingerprint density at radius 1 is 0.459 bits per heavy atom. The largest absolute Gasteiger partial charge is 0.454 e. The average molecular weight is 1190 g/mol. The SMILES string of the molecule is CCCCC/C=C\C/C=C\C/C=C\C/C=C\CCCCCCCCC(O)C(=O)NC(COC1OC(CO)C(O)C(O)C1OC(=O)CCCCCCC/C=C\C/C=C\C/C=C\C/C=C\CCCCC)C(O)/C=C/CCCCCCCCCCCCC. The Morgan fingerprint density at radius 3 is 1.24 bits per heavy atom. The van der Waals surface area contributed by atoms with Gasteiger partial charge in [0.05, 0.1) is 25.4 Å². The van der Waals surface area contributed by atoms with Crippen molar-refractivity contribution >= 4 is 11.9 Å². The monoisotopic (exact) mass is 1190 g/mol. The first-order valence-corrected chi connectivity index (χ1v) is 34.7. The van der Waals surface area contributed by atoms with E-state index in [0.29, 0.717) is 12.8 Å². The lowest BCUT2D eigenvalue weighted by Crippen LogP contribution is -2.61. The highest BCUT2D eigenvalue weighted by Gasteiger charge is 2.47. The normalized spacial score (nSPS) is 19.1. The lowest BCUT2D eigenvalue weighted by atomic mass is 9.99. The van der Waals surface area contributed by atoms with Crippen LogP contribution in [-0.2, 0) is 23.8 Å². The maximum Gasteiger partial charge on any atom is 0.306 e. The van der Waals surface area contributed by atoms with Crippen LogP contribution in [-0.4, -0.2) is 99.6 Å². The molecule has 0 aliphatic carbocycles. The Kier molecular flexibility index (Phi) is 56.6. The number of rotatable bonds is 58. The van der Waals surface area contributed by atoms with Crippen LogP contribution < -0.4 is 5.32 Å². The van der Waals surface area contributed by atoms with Crippen molar-refractivity contribution in [1.29, 1.82) is 0 Å². The standard InChI is InChI=1S/C74H127NO10/c1-4-7-10-13-16-19-22-25-27-29-31-33-35-36-38-40-43-46-49-52-55-58-61-67(78)73(82)75-65(66(77)60-57-54-51-48-45-42-24-21-18-15-12-9-6-3)64-83-74-72(71(81)70(80)68(63-76)84-74)85-69(79)62-59-56-53-50-47-44-41-39-37-34-32-30-28-26-23-20-17-14-11-8-5-2/h16-17,19-20,25-28,31-34,36,38-39,41,57,60,65-68,70-72,74,76-78,80-81H,4-15,18,21-24,29-30,35,37,40,42-56,58-59,61-64H2,1-3H3,(H,75,82)/b19-16-,20-17-,27-25-,28-26-,33-31-,34-32-,38-36-,41-39-,60-57+. The molecule has 8 unspecified atom stereocenters. The van der Waals surface area contributed by atoms with Crippen LogP contribution in [0.25, 0.3) is 0 Å². The smallest absolute Gasteiger partial charge is 0.306 e. The van der Waals surface area contributed by atoms with E-state index < -0.39 is 67.4 Å². The first kappa shape index (κ1) is 79.3. The summed E-state index contributed by atoms with van der Waals surface area (Å²) in [5, 5.41) is 57.2. The van der Waals surface area contributed by atoms with E-state index in [1.165, 1.54) is 109 Å². The number of amides is 1. The minimum absolute atomic E-state index is 0.0958. The molecule has 6 N–H and O–H groups in total. The summed E-state index contributed by atoms with van der Waals surface area (Å²) in [6.45, 7) is 5.73. The summed E-state index contributed by atoms with van der Waals surface area (Å²) in [5.74, 6) is -1.23. The molecule has 8 atom stereocenters. The molecule has 0 aromatic rings. The molecule has 0 bridgehead atoms. The Bertz CT molecular complexity index is 1800. The van der Waals surface area contributed by atoms with Gasteiger partial charge >= 0.3 is 5.97 Å². The van der Waals surface area contributed by atoms with E-state index in [-0.39, 0.29) is 19.4 Å². The van der Waals surface area contributed by atoms with Gasteiger partial charge in [-0.2, -0.15) is 0 Å². The van der Waals surface area contributed by atoms with Crippen LogP contribution in [0.3, 0.4) is 0 Å². The summed E-state index contributed by atoms with van der Waals surface area (Å²) in [5.41, 5.74) is 0. The van der Waals surface area contributed by atoms with E-state index in [9.17, 15) is 35.1 Å². The molecule has 0 aromatic carbocycles. The third-order valence-electron chi connectivity index (χ3n) is 15.6. The molecule has 1 aliphatic heterocycles. The van der Waals surface area contributed by atoms with E-state index in [1.807, 2.05) is 6.08 Å². The summed E-state index contributed by atoms with van der Waals surface area (Å²) in [4.78, 5) is 26.7. The number of unbranched alkanes of at least 4 members (excludes halogenated alkanes) is 28. The molecule has 11 nitrogen and oxygen atoms in total. The first-order chi connectivity index (χ1) is 41.7. The van der Waals surface area contributed by atoms with Crippen LogP contribution in [0.1, 0.15) is 284 Å². The van der Waals surface area contributed by atoms with Crippen LogP contribution in [0.15, 0.2) is 109 Å². The van der Waals surface area contributed by atoms with Crippen LogP contribution >= 0.6 is 0 Å². The third kappa shape index (κ3) is 48.0. The molecule has 1 saturated heterocycles. The molecular weight excluding hydrogens is 1060 g/mol. The molecule has 0 aromatic heterocycles. The third-order valence-corrected chi connectivity index (χ3v) is 15.6. The highest BCUT2D eigenvalue weighted by molar-refractivity contribution is 5.80. The van der Waals surface area contributed by atoms with Gasteiger partial charge in [0.15, 0.2) is 12.4 Å². The molecule has 1 aliphatic rings. The van der Waals surface area contributed by atoms with Crippen molar-refractivity contribution < 1.29 is 49.3 Å². The van der Waals surface area contributed by atoms with E-state index >= 15 is 0 Å². The number of aliphatic hydroxyl groups excluding tert-OH is 5. The number of nitrogens with one attached hydrogen (secondary N) is 1. The van der Waals surface area contributed by atoms with Crippen molar-refractivity contribution in [3.63, 3.8) is 0 Å². The summed E-state index contributed by atoms with van der Waals surface area (Å²) < 4.78 is 17.7. The molecule has 11 heteroatoms. The van der Waals surface area contributed by atoms with Crippen molar-refractivity contribution in [2.45, 2.75) is 333 Å². The van der Waals surface area contributed by atoms with Crippen LogP contribution in [0.4, 0.5) is 0 Å². The first-order valence-electron chi connectivity index (χ1n) is 34.7. The fraction of sp³-hybridized carbons (Fsp3) is 0.730. The minimum Gasteiger partial charge on any atom is -0.454 e. The lowest BCUT2D eigenvalue weighted by Gasteiger charge is -2.41. The Hall–Kier alpha value is -3.68. The second-order valence-corrected chi connectivity index (χ2v) is 23.6. The van der Waals surface area contributed by atoms with Crippen LogP contribution in [0.5, 0.6) is 0 Å². The molecule has 0 radical (unpaired) electrons. The predicted octanol–water partition coefficient (Wildman–Crippen LogP) is 17.6. The number of carbonyl (C=O) groups excluding carboxylic acids is 2. The second kappa shape index (κ2) is 60.6. The number of esters is 1. The van der Waals surface area contributed by atoms with Crippen molar-refractivity contribution in [3.05, 3.63) is 109 Å². The summed E-state index contributed by atoms with van der Waals surface area (Å²) in [6, 6.07) is -1.04. The van der Waals surface area contributed by atoms with Gasteiger partial charge in [0, 0.05) is 6.42 Å². The molecule has 1 amide bonds. The predicted molar refractivity (Wildman–Crippen MR) is 356 cm³/mol. The molecule has 85 heavy (non-hydrogen) atoms. The van der Waals surface area contributed by atoms with Gasteiger partial charge in [0.2, 0.25) is 5.91 Å². The average Bonchev–Trinajstić information content (AvgIpc) is 3.19. The zero-order valence-corrected chi connectivity index (χ0v) is 54.2. The van der Waals surface area contributed by atoms with Crippen LogP contribution in [0, 0.1) is 0 Å². The maximum absolute atomic E-state index is 13.5. The Morgan fingerprint density at radius 2 is 0.812 bits per heavy atom. The van der Waals surface area contributed by atoms with Gasteiger partial charge in [-0.1, -0.05) is 271 Å². The topological polar surface area (TPSA) is 175 Å². The highest BCUT2D eigenvalue weighted by Crippen LogP contribution is 2.26. The molecule has 1 heterocycles. The van der Waals surface area contributed by atoms with Gasteiger partial charge in [0.1, 0.15) is 24.4 Å². The number of aliphatic hydroxyl groups is 5. The molecular formula is C74H127NO10. The van der Waals surface area contributed by atoms with E-state index in [0.717, 1.165) is 128 Å². The van der Waals surface area contributed by atoms with Gasteiger partial charge in [-0.05, 0) is 116 Å².